The predicted octanol–water partition coefficient (Wildman–Crippen LogP) is 0.557. The highest BCUT2D eigenvalue weighted by Gasteiger charge is 2.29. The van der Waals surface area contributed by atoms with Gasteiger partial charge in [0, 0.05) is 45.8 Å². The monoisotopic (exact) mass is 346 g/mol. The van der Waals surface area contributed by atoms with Gasteiger partial charge in [0.15, 0.2) is 0 Å². The summed E-state index contributed by atoms with van der Waals surface area (Å²) in [5.74, 6) is -0.0301. The zero-order valence-electron chi connectivity index (χ0n) is 15.1. The molecule has 6 nitrogen and oxygen atoms in total. The van der Waals surface area contributed by atoms with Crippen molar-refractivity contribution in [3.05, 3.63) is 35.4 Å². The van der Waals surface area contributed by atoms with Crippen molar-refractivity contribution in [3.8, 4) is 0 Å². The van der Waals surface area contributed by atoms with E-state index in [1.54, 1.807) is 0 Å². The highest BCUT2D eigenvalue weighted by Crippen LogP contribution is 2.19. The van der Waals surface area contributed by atoms with Crippen molar-refractivity contribution >= 4 is 5.91 Å². The van der Waals surface area contributed by atoms with Crippen LogP contribution in [0, 0.1) is 0 Å². The molecule has 2 atom stereocenters. The summed E-state index contributed by atoms with van der Waals surface area (Å²) < 4.78 is 5.63. The zero-order valence-corrected chi connectivity index (χ0v) is 15.1. The molecular formula is C19H30N4O2. The minimum absolute atomic E-state index is 0.0301. The highest BCUT2D eigenvalue weighted by atomic mass is 16.5. The van der Waals surface area contributed by atoms with E-state index in [1.807, 2.05) is 0 Å². The zero-order chi connectivity index (χ0) is 17.6. The molecule has 6 heteroatoms. The predicted molar refractivity (Wildman–Crippen MR) is 98.0 cm³/mol. The summed E-state index contributed by atoms with van der Waals surface area (Å²) in [6, 6.07) is 8.53. The van der Waals surface area contributed by atoms with E-state index in [2.05, 4.69) is 46.4 Å². The van der Waals surface area contributed by atoms with E-state index in [1.165, 1.54) is 5.56 Å². The van der Waals surface area contributed by atoms with Gasteiger partial charge in [-0.05, 0) is 31.0 Å². The number of amides is 1. The number of nitrogens with zero attached hydrogens (tertiary/aromatic N) is 2. The van der Waals surface area contributed by atoms with Crippen LogP contribution in [-0.4, -0.2) is 67.7 Å². The molecule has 25 heavy (non-hydrogen) atoms. The number of rotatable bonds is 6. The van der Waals surface area contributed by atoms with Crippen LogP contribution in [0.25, 0.3) is 0 Å². The number of likely N-dealkylation sites (N-methyl/N-ethyl adjacent to an activating group) is 1. The maximum atomic E-state index is 12.1. The van der Waals surface area contributed by atoms with E-state index in [0.29, 0.717) is 13.1 Å². The van der Waals surface area contributed by atoms with Crippen molar-refractivity contribution in [1.29, 1.82) is 0 Å². The lowest BCUT2D eigenvalue weighted by Gasteiger charge is -2.32. The SMILES string of the molecule is CN1CCN(Cc2ccc(CNC(=O)[C@@H]3CC[C@H](CN)O3)cc2)CC1. The lowest BCUT2D eigenvalue weighted by molar-refractivity contribution is -0.132. The molecule has 0 bridgehead atoms. The molecular weight excluding hydrogens is 316 g/mol. The Kier molecular flexibility index (Phi) is 6.42. The highest BCUT2D eigenvalue weighted by molar-refractivity contribution is 5.81. The van der Waals surface area contributed by atoms with Gasteiger partial charge in [-0.3, -0.25) is 9.69 Å². The van der Waals surface area contributed by atoms with Crippen LogP contribution in [0.4, 0.5) is 0 Å². The molecule has 138 valence electrons. The van der Waals surface area contributed by atoms with Gasteiger partial charge >= 0.3 is 0 Å². The molecule has 2 heterocycles. The fourth-order valence-electron chi connectivity index (χ4n) is 3.40. The Morgan fingerprint density at radius 3 is 2.48 bits per heavy atom. The first-order chi connectivity index (χ1) is 12.1. The average molecular weight is 346 g/mol. The van der Waals surface area contributed by atoms with Crippen molar-refractivity contribution in [2.45, 2.75) is 38.1 Å². The number of hydrogen-bond acceptors (Lipinski definition) is 5. The molecule has 3 N–H and O–H groups in total. The number of benzene rings is 1. The smallest absolute Gasteiger partial charge is 0.249 e. The second-order valence-corrected chi connectivity index (χ2v) is 7.17. The Hall–Kier alpha value is -1.47. The number of hydrogen-bond donors (Lipinski definition) is 2. The van der Waals surface area contributed by atoms with E-state index in [4.69, 9.17) is 10.5 Å². The Morgan fingerprint density at radius 1 is 1.16 bits per heavy atom. The number of carbonyl (C=O) groups is 1. The van der Waals surface area contributed by atoms with Crippen molar-refractivity contribution in [2.75, 3.05) is 39.8 Å². The van der Waals surface area contributed by atoms with Gasteiger partial charge in [-0.15, -0.1) is 0 Å². The number of nitrogens with one attached hydrogen (secondary N) is 1. The molecule has 1 amide bonds. The minimum Gasteiger partial charge on any atom is -0.364 e. The van der Waals surface area contributed by atoms with Crippen LogP contribution in [0.5, 0.6) is 0 Å². The first-order valence-electron chi connectivity index (χ1n) is 9.26. The van der Waals surface area contributed by atoms with Crippen LogP contribution in [-0.2, 0) is 22.6 Å². The molecule has 1 aromatic rings. The second-order valence-electron chi connectivity index (χ2n) is 7.17. The van der Waals surface area contributed by atoms with Gasteiger partial charge in [-0.1, -0.05) is 24.3 Å². The quantitative estimate of drug-likeness (QED) is 0.787. The van der Waals surface area contributed by atoms with Crippen molar-refractivity contribution in [2.24, 2.45) is 5.73 Å². The molecule has 2 fully saturated rings. The molecule has 0 radical (unpaired) electrons. The summed E-state index contributed by atoms with van der Waals surface area (Å²) in [4.78, 5) is 17.0. The maximum Gasteiger partial charge on any atom is 0.249 e. The van der Waals surface area contributed by atoms with E-state index in [9.17, 15) is 4.79 Å². The second kappa shape index (κ2) is 8.76. The molecule has 0 unspecified atom stereocenters. The van der Waals surface area contributed by atoms with E-state index >= 15 is 0 Å². The summed E-state index contributed by atoms with van der Waals surface area (Å²) in [5.41, 5.74) is 8.02. The number of nitrogens with two attached hydrogens (primary N) is 1. The van der Waals surface area contributed by atoms with Gasteiger partial charge in [0.05, 0.1) is 6.10 Å². The minimum atomic E-state index is -0.343. The van der Waals surface area contributed by atoms with E-state index in [-0.39, 0.29) is 18.1 Å². The Bertz CT molecular complexity index is 555. The third kappa shape index (κ3) is 5.25. The molecule has 2 saturated heterocycles. The van der Waals surface area contributed by atoms with Crippen molar-refractivity contribution < 1.29 is 9.53 Å². The van der Waals surface area contributed by atoms with Gasteiger partial charge in [0.1, 0.15) is 6.10 Å². The Morgan fingerprint density at radius 2 is 1.84 bits per heavy atom. The van der Waals surface area contributed by atoms with Gasteiger partial charge < -0.3 is 20.7 Å². The number of carbonyl (C=O) groups excluding carboxylic acids is 1. The van der Waals surface area contributed by atoms with Gasteiger partial charge in [-0.25, -0.2) is 0 Å². The molecule has 0 aliphatic carbocycles. The summed E-state index contributed by atoms with van der Waals surface area (Å²) >= 11 is 0. The fraction of sp³-hybridized carbons (Fsp3) is 0.632. The van der Waals surface area contributed by atoms with Crippen LogP contribution in [0.2, 0.25) is 0 Å². The molecule has 2 aliphatic heterocycles. The van der Waals surface area contributed by atoms with E-state index in [0.717, 1.165) is 51.1 Å². The standard InChI is InChI=1S/C19H30N4O2/c1-22-8-10-23(11-9-22)14-16-4-2-15(3-5-16)13-21-19(24)18-7-6-17(12-20)25-18/h2-5,17-18H,6-14,20H2,1H3,(H,21,24)/t17-,18+/m1/s1. The molecule has 1 aromatic carbocycles. The maximum absolute atomic E-state index is 12.1. The summed E-state index contributed by atoms with van der Waals surface area (Å²) in [7, 11) is 2.17. The fourth-order valence-corrected chi connectivity index (χ4v) is 3.40. The summed E-state index contributed by atoms with van der Waals surface area (Å²) in [5, 5.41) is 2.97. The van der Waals surface area contributed by atoms with E-state index < -0.39 is 0 Å². The van der Waals surface area contributed by atoms with Crippen LogP contribution in [0.1, 0.15) is 24.0 Å². The molecule has 2 aliphatic rings. The van der Waals surface area contributed by atoms with Crippen LogP contribution < -0.4 is 11.1 Å². The van der Waals surface area contributed by atoms with Crippen LogP contribution in [0.3, 0.4) is 0 Å². The topological polar surface area (TPSA) is 70.8 Å². The lowest BCUT2D eigenvalue weighted by Crippen LogP contribution is -2.43. The summed E-state index contributed by atoms with van der Waals surface area (Å²) in [6.45, 7) is 6.55. The van der Waals surface area contributed by atoms with Crippen molar-refractivity contribution in [3.63, 3.8) is 0 Å². The average Bonchev–Trinajstić information content (AvgIpc) is 3.12. The first kappa shape index (κ1) is 18.3. The Balaban J connectivity index is 1.42. The third-order valence-corrected chi connectivity index (χ3v) is 5.15. The van der Waals surface area contributed by atoms with Crippen molar-refractivity contribution in [1.82, 2.24) is 15.1 Å². The molecule has 3 rings (SSSR count). The summed E-state index contributed by atoms with van der Waals surface area (Å²) in [6.07, 6.45) is 1.32. The number of piperazine rings is 1. The van der Waals surface area contributed by atoms with Gasteiger partial charge in [0.25, 0.3) is 0 Å². The molecule has 0 aromatic heterocycles. The third-order valence-electron chi connectivity index (χ3n) is 5.15. The van der Waals surface area contributed by atoms with Gasteiger partial charge in [-0.2, -0.15) is 0 Å². The first-order valence-corrected chi connectivity index (χ1v) is 9.26. The molecule has 0 saturated carbocycles. The van der Waals surface area contributed by atoms with Crippen LogP contribution in [0.15, 0.2) is 24.3 Å². The Labute approximate surface area is 150 Å². The largest absolute Gasteiger partial charge is 0.364 e. The molecule has 0 spiro atoms. The lowest BCUT2D eigenvalue weighted by atomic mass is 10.1. The normalized spacial score (nSPS) is 25.2. The van der Waals surface area contributed by atoms with Gasteiger partial charge in [0.2, 0.25) is 5.91 Å². The number of ether oxygens (including phenoxy) is 1. The van der Waals surface area contributed by atoms with Crippen LogP contribution >= 0.6 is 0 Å².